The molecular formula is C18H13N3O4. The molecular weight excluding hydrogens is 322 g/mol. The van der Waals surface area contributed by atoms with Gasteiger partial charge in [-0.2, -0.15) is 0 Å². The van der Waals surface area contributed by atoms with Gasteiger partial charge in [0.15, 0.2) is 5.58 Å². The van der Waals surface area contributed by atoms with E-state index in [1.165, 1.54) is 0 Å². The van der Waals surface area contributed by atoms with Crippen LogP contribution in [-0.2, 0) is 0 Å². The summed E-state index contributed by atoms with van der Waals surface area (Å²) in [4.78, 5) is 26.5. The number of carbonyl (C=O) groups excluding carboxylic acids is 1. The Morgan fingerprint density at radius 3 is 2.76 bits per heavy atom. The topological polar surface area (TPSA) is 101 Å². The molecule has 1 amide bonds. The van der Waals surface area contributed by atoms with Crippen molar-refractivity contribution < 1.29 is 13.7 Å². The fraction of sp³-hybridized carbons (Fsp3) is 0.0556. The number of aromatic nitrogens is 2. The Morgan fingerprint density at radius 1 is 1.16 bits per heavy atom. The zero-order chi connectivity index (χ0) is 17.4. The Bertz CT molecular complexity index is 1120. The van der Waals surface area contributed by atoms with Gasteiger partial charge < -0.3 is 14.3 Å². The minimum Gasteiger partial charge on any atom is -0.408 e. The fourth-order valence-corrected chi connectivity index (χ4v) is 2.66. The van der Waals surface area contributed by atoms with Gasteiger partial charge in [0.1, 0.15) is 17.0 Å². The summed E-state index contributed by atoms with van der Waals surface area (Å²) in [6, 6.07) is 14.2. The van der Waals surface area contributed by atoms with Crippen LogP contribution in [0.3, 0.4) is 0 Å². The van der Waals surface area contributed by atoms with Gasteiger partial charge in [0.05, 0.1) is 5.52 Å². The number of oxazole rings is 1. The third kappa shape index (κ3) is 2.72. The molecule has 0 saturated heterocycles. The zero-order valence-corrected chi connectivity index (χ0v) is 13.2. The van der Waals surface area contributed by atoms with Crippen molar-refractivity contribution in [1.29, 1.82) is 0 Å². The lowest BCUT2D eigenvalue weighted by atomic mass is 10.1. The van der Waals surface area contributed by atoms with Crippen LogP contribution in [0.5, 0.6) is 0 Å². The van der Waals surface area contributed by atoms with Gasteiger partial charge in [-0.3, -0.25) is 9.78 Å². The van der Waals surface area contributed by atoms with Gasteiger partial charge in [0, 0.05) is 11.3 Å². The van der Waals surface area contributed by atoms with Crippen LogP contribution in [0.1, 0.15) is 16.1 Å². The van der Waals surface area contributed by atoms with E-state index in [-0.39, 0.29) is 5.91 Å². The molecule has 0 aliphatic heterocycles. The van der Waals surface area contributed by atoms with Crippen LogP contribution in [0, 0.1) is 6.92 Å². The van der Waals surface area contributed by atoms with Crippen molar-refractivity contribution in [3.05, 3.63) is 70.4 Å². The number of hydrogen-bond acceptors (Lipinski definition) is 5. The number of amides is 1. The van der Waals surface area contributed by atoms with E-state index in [0.29, 0.717) is 33.8 Å². The number of aryl methyl sites for hydroxylation is 1. The second kappa shape index (κ2) is 5.79. The number of benzene rings is 2. The summed E-state index contributed by atoms with van der Waals surface area (Å²) in [7, 11) is 0. The third-order valence-corrected chi connectivity index (χ3v) is 3.81. The number of rotatable bonds is 3. The first-order valence-electron chi connectivity index (χ1n) is 7.58. The van der Waals surface area contributed by atoms with Crippen molar-refractivity contribution in [2.24, 2.45) is 0 Å². The van der Waals surface area contributed by atoms with Gasteiger partial charge in [-0.1, -0.05) is 35.5 Å². The summed E-state index contributed by atoms with van der Waals surface area (Å²) in [6.07, 6.45) is 0. The molecule has 0 unspecified atom stereocenters. The Kier molecular flexibility index (Phi) is 3.46. The highest BCUT2D eigenvalue weighted by molar-refractivity contribution is 6.09. The van der Waals surface area contributed by atoms with Crippen LogP contribution in [0.15, 0.2) is 62.3 Å². The summed E-state index contributed by atoms with van der Waals surface area (Å²) < 4.78 is 10.2. The lowest BCUT2D eigenvalue weighted by Crippen LogP contribution is -2.13. The highest BCUT2D eigenvalue weighted by Gasteiger charge is 2.21. The van der Waals surface area contributed by atoms with Gasteiger partial charge in [-0.15, -0.1) is 0 Å². The summed E-state index contributed by atoms with van der Waals surface area (Å²) >= 11 is 0. The second-order valence-corrected chi connectivity index (χ2v) is 5.51. The molecule has 124 valence electrons. The molecule has 0 bridgehead atoms. The molecule has 7 nitrogen and oxygen atoms in total. The number of fused-ring (bicyclic) bond motifs is 1. The molecule has 2 N–H and O–H groups in total. The number of hydrogen-bond donors (Lipinski definition) is 2. The Labute approximate surface area is 141 Å². The van der Waals surface area contributed by atoms with Crippen LogP contribution in [0.2, 0.25) is 0 Å². The maximum atomic E-state index is 12.7. The van der Waals surface area contributed by atoms with Crippen molar-refractivity contribution in [2.75, 3.05) is 5.32 Å². The largest absolute Gasteiger partial charge is 0.417 e. The minimum absolute atomic E-state index is 0.345. The molecule has 25 heavy (non-hydrogen) atoms. The molecule has 2 heterocycles. The normalized spacial score (nSPS) is 10.9. The van der Waals surface area contributed by atoms with Gasteiger partial charge in [0.25, 0.3) is 5.91 Å². The standard InChI is InChI=1S/C18H13N3O4/c1-10-15(16(21-25-10)11-5-3-2-4-6-11)17(22)19-12-7-8-14-13(9-12)20-18(23)24-14/h2-9H,1H3,(H,19,22)(H,20,23). The predicted octanol–water partition coefficient (Wildman–Crippen LogP) is 3.34. The van der Waals surface area contributed by atoms with Crippen LogP contribution in [0.25, 0.3) is 22.4 Å². The van der Waals surface area contributed by atoms with E-state index in [1.807, 2.05) is 30.3 Å². The number of anilines is 1. The summed E-state index contributed by atoms with van der Waals surface area (Å²) in [5, 5.41) is 6.80. The molecule has 0 saturated carbocycles. The maximum absolute atomic E-state index is 12.7. The van der Waals surface area contributed by atoms with E-state index < -0.39 is 5.76 Å². The van der Waals surface area contributed by atoms with Gasteiger partial charge in [0.2, 0.25) is 0 Å². The monoisotopic (exact) mass is 335 g/mol. The van der Waals surface area contributed by atoms with E-state index >= 15 is 0 Å². The third-order valence-electron chi connectivity index (χ3n) is 3.81. The molecule has 2 aromatic carbocycles. The summed E-state index contributed by atoms with van der Waals surface area (Å²) in [5.74, 6) is -0.461. The lowest BCUT2D eigenvalue weighted by molar-refractivity contribution is 0.102. The van der Waals surface area contributed by atoms with E-state index in [4.69, 9.17) is 8.94 Å². The lowest BCUT2D eigenvalue weighted by Gasteiger charge is -2.06. The van der Waals surface area contributed by atoms with Crippen molar-refractivity contribution >= 4 is 22.7 Å². The molecule has 0 atom stereocenters. The SMILES string of the molecule is Cc1onc(-c2ccccc2)c1C(=O)Nc1ccc2oc(=O)[nH]c2c1. The number of nitrogens with zero attached hydrogens (tertiary/aromatic N) is 1. The zero-order valence-electron chi connectivity index (χ0n) is 13.2. The molecule has 4 aromatic rings. The first-order valence-corrected chi connectivity index (χ1v) is 7.58. The van der Waals surface area contributed by atoms with Crippen molar-refractivity contribution in [3.63, 3.8) is 0 Å². The Hall–Kier alpha value is -3.61. The van der Waals surface area contributed by atoms with Gasteiger partial charge in [-0.25, -0.2) is 4.79 Å². The van der Waals surface area contributed by atoms with Crippen LogP contribution >= 0.6 is 0 Å². The summed E-state index contributed by atoms with van der Waals surface area (Å²) in [6.45, 7) is 1.69. The van der Waals surface area contributed by atoms with Gasteiger partial charge >= 0.3 is 5.76 Å². The summed E-state index contributed by atoms with van der Waals surface area (Å²) in [5.41, 5.74) is 3.09. The number of carbonyl (C=O) groups is 1. The van der Waals surface area contributed by atoms with Crippen LogP contribution in [0.4, 0.5) is 5.69 Å². The van der Waals surface area contributed by atoms with Crippen molar-refractivity contribution in [3.8, 4) is 11.3 Å². The average molecular weight is 335 g/mol. The predicted molar refractivity (Wildman–Crippen MR) is 91.5 cm³/mol. The molecule has 0 aliphatic carbocycles. The van der Waals surface area contributed by atoms with Crippen molar-refractivity contribution in [2.45, 2.75) is 6.92 Å². The van der Waals surface area contributed by atoms with E-state index in [0.717, 1.165) is 5.56 Å². The number of aromatic amines is 1. The quantitative estimate of drug-likeness (QED) is 0.598. The molecule has 0 radical (unpaired) electrons. The van der Waals surface area contributed by atoms with Crippen LogP contribution in [-0.4, -0.2) is 16.0 Å². The Balaban J connectivity index is 1.69. The smallest absolute Gasteiger partial charge is 0.408 e. The molecule has 0 aliphatic rings. The van der Waals surface area contributed by atoms with E-state index in [2.05, 4.69) is 15.5 Å². The molecule has 0 spiro atoms. The maximum Gasteiger partial charge on any atom is 0.417 e. The molecule has 2 aromatic heterocycles. The van der Waals surface area contributed by atoms with E-state index in [1.54, 1.807) is 25.1 Å². The van der Waals surface area contributed by atoms with E-state index in [9.17, 15) is 9.59 Å². The van der Waals surface area contributed by atoms with Gasteiger partial charge in [-0.05, 0) is 25.1 Å². The highest BCUT2D eigenvalue weighted by Crippen LogP contribution is 2.26. The molecule has 0 fully saturated rings. The average Bonchev–Trinajstić information content (AvgIpc) is 3.17. The highest BCUT2D eigenvalue weighted by atomic mass is 16.5. The minimum atomic E-state index is -0.542. The van der Waals surface area contributed by atoms with Crippen molar-refractivity contribution in [1.82, 2.24) is 10.1 Å². The number of H-pyrrole nitrogens is 1. The Morgan fingerprint density at radius 2 is 1.96 bits per heavy atom. The molecule has 4 rings (SSSR count). The number of nitrogens with one attached hydrogen (secondary N) is 2. The second-order valence-electron chi connectivity index (χ2n) is 5.51. The first kappa shape index (κ1) is 14.9. The molecule has 7 heteroatoms. The fourth-order valence-electron chi connectivity index (χ4n) is 2.66. The first-order chi connectivity index (χ1) is 12.1. The van der Waals surface area contributed by atoms with Crippen LogP contribution < -0.4 is 11.1 Å².